The van der Waals surface area contributed by atoms with Crippen LogP contribution in [-0.4, -0.2) is 41.9 Å². The van der Waals surface area contributed by atoms with Gasteiger partial charge in [-0.3, -0.25) is 9.69 Å². The average Bonchev–Trinajstić information content (AvgIpc) is 2.85. The molecule has 3 rings (SSSR count). The van der Waals surface area contributed by atoms with Crippen LogP contribution in [0.1, 0.15) is 25.8 Å². The number of nitrogens with zero attached hydrogens (tertiary/aromatic N) is 2. The molecule has 0 atom stereocenters. The summed E-state index contributed by atoms with van der Waals surface area (Å²) in [5.41, 5.74) is 1.67. The molecule has 2 fully saturated rings. The van der Waals surface area contributed by atoms with Gasteiger partial charge in [0, 0.05) is 49.1 Å². The molecular formula is C17H23ClN2O. The molecule has 4 heteroatoms. The maximum Gasteiger partial charge on any atom is 0.225 e. The van der Waals surface area contributed by atoms with E-state index in [1.807, 2.05) is 26.0 Å². The second-order valence-corrected chi connectivity index (χ2v) is 7.37. The Morgan fingerprint density at radius 2 is 1.90 bits per heavy atom. The summed E-state index contributed by atoms with van der Waals surface area (Å²) in [6, 6.07) is 8.09. The molecule has 0 unspecified atom stereocenters. The van der Waals surface area contributed by atoms with Crippen LogP contribution in [-0.2, 0) is 11.3 Å². The quantitative estimate of drug-likeness (QED) is 0.857. The van der Waals surface area contributed by atoms with Crippen molar-refractivity contribution in [2.24, 2.45) is 11.3 Å². The third kappa shape index (κ3) is 3.09. The van der Waals surface area contributed by atoms with Crippen molar-refractivity contribution in [2.45, 2.75) is 26.8 Å². The van der Waals surface area contributed by atoms with Crippen LogP contribution in [0.25, 0.3) is 0 Å². The van der Waals surface area contributed by atoms with Gasteiger partial charge in [0.2, 0.25) is 5.91 Å². The van der Waals surface area contributed by atoms with Crippen LogP contribution in [0.2, 0.25) is 5.02 Å². The highest BCUT2D eigenvalue weighted by atomic mass is 35.5. The summed E-state index contributed by atoms with van der Waals surface area (Å²) in [5.74, 6) is 0.424. The molecule has 2 aliphatic heterocycles. The van der Waals surface area contributed by atoms with E-state index in [0.717, 1.165) is 44.2 Å². The van der Waals surface area contributed by atoms with E-state index in [0.29, 0.717) is 11.3 Å². The van der Waals surface area contributed by atoms with Crippen molar-refractivity contribution in [2.75, 3.05) is 26.2 Å². The van der Waals surface area contributed by atoms with Crippen LogP contribution in [0, 0.1) is 11.3 Å². The number of benzene rings is 1. The first-order valence-corrected chi connectivity index (χ1v) is 8.11. The Labute approximate surface area is 131 Å². The van der Waals surface area contributed by atoms with E-state index in [-0.39, 0.29) is 5.92 Å². The molecule has 3 nitrogen and oxygen atoms in total. The fraction of sp³-hybridized carbons (Fsp3) is 0.588. The molecule has 0 saturated carbocycles. The molecule has 1 aromatic rings. The van der Waals surface area contributed by atoms with E-state index in [4.69, 9.17) is 11.6 Å². The van der Waals surface area contributed by atoms with Crippen molar-refractivity contribution in [1.82, 2.24) is 9.80 Å². The molecule has 1 aromatic carbocycles. The monoisotopic (exact) mass is 306 g/mol. The predicted molar refractivity (Wildman–Crippen MR) is 85.2 cm³/mol. The highest BCUT2D eigenvalue weighted by molar-refractivity contribution is 6.30. The van der Waals surface area contributed by atoms with E-state index < -0.39 is 0 Å². The summed E-state index contributed by atoms with van der Waals surface area (Å²) in [6.07, 6.45) is 1.16. The zero-order valence-electron chi connectivity index (χ0n) is 12.8. The van der Waals surface area contributed by atoms with Gasteiger partial charge in [-0.15, -0.1) is 0 Å². The van der Waals surface area contributed by atoms with Gasteiger partial charge in [-0.05, 0) is 24.1 Å². The minimum absolute atomic E-state index is 0.116. The smallest absolute Gasteiger partial charge is 0.225 e. The lowest BCUT2D eigenvalue weighted by Crippen LogP contribution is -2.57. The van der Waals surface area contributed by atoms with Gasteiger partial charge in [0.1, 0.15) is 0 Å². The molecule has 0 aliphatic carbocycles. The van der Waals surface area contributed by atoms with Crippen molar-refractivity contribution in [3.8, 4) is 0 Å². The minimum atomic E-state index is 0.116. The Morgan fingerprint density at radius 3 is 2.52 bits per heavy atom. The van der Waals surface area contributed by atoms with Gasteiger partial charge in [-0.1, -0.05) is 37.6 Å². The van der Waals surface area contributed by atoms with Gasteiger partial charge in [-0.2, -0.15) is 0 Å². The Kier molecular flexibility index (Phi) is 3.98. The lowest BCUT2D eigenvalue weighted by molar-refractivity contribution is -0.134. The summed E-state index contributed by atoms with van der Waals surface area (Å²) in [5, 5.41) is 0.789. The van der Waals surface area contributed by atoms with E-state index in [2.05, 4.69) is 21.9 Å². The molecule has 2 aliphatic rings. The van der Waals surface area contributed by atoms with E-state index in [1.165, 1.54) is 5.56 Å². The Bertz CT molecular complexity index is 520. The maximum atomic E-state index is 12.1. The Hall–Kier alpha value is -1.06. The summed E-state index contributed by atoms with van der Waals surface area (Å²) in [6.45, 7) is 9.06. The van der Waals surface area contributed by atoms with Crippen molar-refractivity contribution < 1.29 is 4.79 Å². The zero-order chi connectivity index (χ0) is 15.0. The lowest BCUT2D eigenvalue weighted by Gasteiger charge is -2.48. The largest absolute Gasteiger partial charge is 0.342 e. The highest BCUT2D eigenvalue weighted by Crippen LogP contribution is 2.40. The van der Waals surface area contributed by atoms with Crippen molar-refractivity contribution >= 4 is 17.5 Å². The first-order chi connectivity index (χ1) is 9.97. The fourth-order valence-corrected chi connectivity index (χ4v) is 3.73. The topological polar surface area (TPSA) is 23.6 Å². The van der Waals surface area contributed by atoms with Crippen LogP contribution in [0.5, 0.6) is 0 Å². The average molecular weight is 307 g/mol. The first-order valence-electron chi connectivity index (χ1n) is 7.73. The molecular weight excluding hydrogens is 284 g/mol. The SMILES string of the molecule is CC(C)C(=O)N1CCC2(CN(Cc3ccc(Cl)cc3)C2)C1. The molecule has 114 valence electrons. The summed E-state index contributed by atoms with van der Waals surface area (Å²) in [7, 11) is 0. The number of carbonyl (C=O) groups is 1. The zero-order valence-corrected chi connectivity index (χ0v) is 13.6. The standard InChI is InChI=1S/C17H23ClN2O/c1-13(2)16(21)20-8-7-17(12-20)10-19(11-17)9-14-3-5-15(18)6-4-14/h3-6,13H,7-12H2,1-2H3. The van der Waals surface area contributed by atoms with Crippen LogP contribution in [0.4, 0.5) is 0 Å². The van der Waals surface area contributed by atoms with E-state index in [9.17, 15) is 4.79 Å². The van der Waals surface area contributed by atoms with Crippen molar-refractivity contribution in [3.63, 3.8) is 0 Å². The number of likely N-dealkylation sites (tertiary alicyclic amines) is 2. The molecule has 0 N–H and O–H groups in total. The normalized spacial score (nSPS) is 21.0. The van der Waals surface area contributed by atoms with Crippen LogP contribution < -0.4 is 0 Å². The van der Waals surface area contributed by atoms with Crippen LogP contribution in [0.15, 0.2) is 24.3 Å². The van der Waals surface area contributed by atoms with Gasteiger partial charge < -0.3 is 4.90 Å². The van der Waals surface area contributed by atoms with Gasteiger partial charge in [0.15, 0.2) is 0 Å². The molecule has 2 saturated heterocycles. The maximum absolute atomic E-state index is 12.1. The minimum Gasteiger partial charge on any atom is -0.342 e. The number of rotatable bonds is 3. The summed E-state index contributed by atoms with van der Waals surface area (Å²) >= 11 is 5.91. The number of halogens is 1. The van der Waals surface area contributed by atoms with Gasteiger partial charge >= 0.3 is 0 Å². The predicted octanol–water partition coefficient (Wildman–Crippen LogP) is 3.03. The van der Waals surface area contributed by atoms with Gasteiger partial charge in [0.25, 0.3) is 0 Å². The Balaban J connectivity index is 1.51. The highest BCUT2D eigenvalue weighted by Gasteiger charge is 2.48. The lowest BCUT2D eigenvalue weighted by atomic mass is 9.79. The van der Waals surface area contributed by atoms with Gasteiger partial charge in [-0.25, -0.2) is 0 Å². The van der Waals surface area contributed by atoms with Crippen molar-refractivity contribution in [3.05, 3.63) is 34.9 Å². The number of carbonyl (C=O) groups excluding carboxylic acids is 1. The molecule has 2 heterocycles. The van der Waals surface area contributed by atoms with Crippen LogP contribution >= 0.6 is 11.6 Å². The van der Waals surface area contributed by atoms with Gasteiger partial charge in [0.05, 0.1) is 0 Å². The number of hydrogen-bond donors (Lipinski definition) is 0. The number of amides is 1. The second-order valence-electron chi connectivity index (χ2n) is 6.94. The summed E-state index contributed by atoms with van der Waals surface area (Å²) in [4.78, 5) is 16.6. The summed E-state index contributed by atoms with van der Waals surface area (Å²) < 4.78 is 0. The van der Waals surface area contributed by atoms with Crippen molar-refractivity contribution in [1.29, 1.82) is 0 Å². The fourth-order valence-electron chi connectivity index (χ4n) is 3.61. The molecule has 0 aromatic heterocycles. The molecule has 1 spiro atoms. The molecule has 0 radical (unpaired) electrons. The first kappa shape index (κ1) is 14.9. The second kappa shape index (κ2) is 5.62. The Morgan fingerprint density at radius 1 is 1.24 bits per heavy atom. The molecule has 0 bridgehead atoms. The van der Waals surface area contributed by atoms with E-state index >= 15 is 0 Å². The molecule has 1 amide bonds. The third-order valence-electron chi connectivity index (χ3n) is 4.68. The third-order valence-corrected chi connectivity index (χ3v) is 4.93. The van der Waals surface area contributed by atoms with E-state index in [1.54, 1.807) is 0 Å². The van der Waals surface area contributed by atoms with Crippen LogP contribution in [0.3, 0.4) is 0 Å². The molecule has 21 heavy (non-hydrogen) atoms. The number of hydrogen-bond acceptors (Lipinski definition) is 2.